The van der Waals surface area contributed by atoms with Crippen LogP contribution in [0.2, 0.25) is 10.0 Å². The fraction of sp³-hybridized carbons (Fsp3) is 0.0833. The molecule has 164 valence electrons. The van der Waals surface area contributed by atoms with Gasteiger partial charge in [0.2, 0.25) is 11.8 Å². The number of benzene rings is 2. The van der Waals surface area contributed by atoms with Crippen LogP contribution in [0.4, 0.5) is 11.6 Å². The Labute approximate surface area is 200 Å². The third-order valence-corrected chi connectivity index (χ3v) is 5.69. The molecule has 0 saturated carbocycles. The Morgan fingerprint density at radius 1 is 0.939 bits per heavy atom. The van der Waals surface area contributed by atoms with Crippen molar-refractivity contribution in [2.24, 2.45) is 0 Å². The minimum Gasteiger partial charge on any atom is -0.481 e. The molecule has 0 radical (unpaired) electrons. The van der Waals surface area contributed by atoms with Gasteiger partial charge in [-0.3, -0.25) is 0 Å². The molecule has 0 fully saturated rings. The highest BCUT2D eigenvalue weighted by Crippen LogP contribution is 2.38. The third-order valence-electron chi connectivity index (χ3n) is 5.11. The number of pyridine rings is 1. The zero-order valence-corrected chi connectivity index (χ0v) is 19.3. The Balaban J connectivity index is 1.70. The number of anilines is 2. The zero-order valence-electron chi connectivity index (χ0n) is 17.8. The Bertz CT molecular complexity index is 1450. The topological polar surface area (TPSA) is 77.2 Å². The Morgan fingerprint density at radius 3 is 2.42 bits per heavy atom. The van der Waals surface area contributed by atoms with E-state index in [9.17, 15) is 0 Å². The van der Waals surface area contributed by atoms with Gasteiger partial charge in [0, 0.05) is 16.7 Å². The van der Waals surface area contributed by atoms with Crippen LogP contribution in [-0.4, -0.2) is 31.7 Å². The second-order valence-corrected chi connectivity index (χ2v) is 8.10. The summed E-state index contributed by atoms with van der Waals surface area (Å²) in [5, 5.41) is 9.29. The lowest BCUT2D eigenvalue weighted by molar-refractivity contribution is 0.398. The number of hydrogen-bond acceptors (Lipinski definition) is 6. The van der Waals surface area contributed by atoms with Gasteiger partial charge in [-0.25, -0.2) is 4.98 Å². The minimum atomic E-state index is 0.424. The van der Waals surface area contributed by atoms with Crippen molar-refractivity contribution in [3.63, 3.8) is 0 Å². The lowest BCUT2D eigenvalue weighted by Crippen LogP contribution is -2.05. The second-order valence-electron chi connectivity index (χ2n) is 7.25. The summed E-state index contributed by atoms with van der Waals surface area (Å²) in [5.74, 6) is 1.61. The van der Waals surface area contributed by atoms with Gasteiger partial charge < -0.3 is 10.1 Å². The first-order valence-electron chi connectivity index (χ1n) is 10.1. The standard InChI is InChI=1S/C24H18Cl2N6O/c1-14-28-24(29-17-11-12-20(33-2)27-13-17)30-23-21(15-7-9-16(25)10-8-15)22(31-32(14)23)18-5-3-4-6-19(18)26/h3-13H,1-2H3,(H,29,30). The van der Waals surface area contributed by atoms with Crippen molar-refractivity contribution in [2.75, 3.05) is 12.4 Å². The number of fused-ring (bicyclic) bond motifs is 1. The summed E-state index contributed by atoms with van der Waals surface area (Å²) >= 11 is 12.7. The van der Waals surface area contributed by atoms with E-state index in [0.717, 1.165) is 22.4 Å². The summed E-state index contributed by atoms with van der Waals surface area (Å²) in [6.45, 7) is 1.88. The average molecular weight is 477 g/mol. The monoisotopic (exact) mass is 476 g/mol. The molecule has 7 nitrogen and oxygen atoms in total. The van der Waals surface area contributed by atoms with Crippen LogP contribution in [0, 0.1) is 6.92 Å². The maximum atomic E-state index is 6.54. The number of methoxy groups -OCH3 is 1. The van der Waals surface area contributed by atoms with Gasteiger partial charge in [-0.15, -0.1) is 0 Å². The zero-order chi connectivity index (χ0) is 22.9. The highest BCUT2D eigenvalue weighted by Gasteiger charge is 2.21. The number of nitrogens with one attached hydrogen (secondary N) is 1. The molecule has 0 spiro atoms. The first-order chi connectivity index (χ1) is 16.0. The molecule has 0 bridgehead atoms. The summed E-state index contributed by atoms with van der Waals surface area (Å²) < 4.78 is 6.84. The first-order valence-corrected chi connectivity index (χ1v) is 10.8. The van der Waals surface area contributed by atoms with E-state index in [1.54, 1.807) is 23.9 Å². The maximum absolute atomic E-state index is 6.54. The highest BCUT2D eigenvalue weighted by molar-refractivity contribution is 6.33. The largest absolute Gasteiger partial charge is 0.481 e. The Morgan fingerprint density at radius 2 is 1.73 bits per heavy atom. The maximum Gasteiger partial charge on any atom is 0.231 e. The third kappa shape index (κ3) is 4.08. The predicted octanol–water partition coefficient (Wildman–Crippen LogP) is 6.22. The summed E-state index contributed by atoms with van der Waals surface area (Å²) in [5.41, 5.74) is 4.65. The quantitative estimate of drug-likeness (QED) is 0.324. The molecule has 1 N–H and O–H groups in total. The molecule has 0 aliphatic rings. The molecule has 5 aromatic rings. The number of ether oxygens (including phenoxy) is 1. The van der Waals surface area contributed by atoms with Gasteiger partial charge in [0.15, 0.2) is 5.65 Å². The smallest absolute Gasteiger partial charge is 0.231 e. The van der Waals surface area contributed by atoms with E-state index in [4.69, 9.17) is 38.0 Å². The van der Waals surface area contributed by atoms with Gasteiger partial charge in [-0.1, -0.05) is 53.5 Å². The van der Waals surface area contributed by atoms with Crippen molar-refractivity contribution < 1.29 is 4.74 Å². The van der Waals surface area contributed by atoms with Gasteiger partial charge >= 0.3 is 0 Å². The fourth-order valence-electron chi connectivity index (χ4n) is 3.55. The molecular weight excluding hydrogens is 459 g/mol. The van der Waals surface area contributed by atoms with Gasteiger partial charge in [0.1, 0.15) is 11.5 Å². The van der Waals surface area contributed by atoms with Crippen molar-refractivity contribution in [2.45, 2.75) is 6.92 Å². The number of aryl methyl sites for hydroxylation is 1. The van der Waals surface area contributed by atoms with E-state index in [2.05, 4.69) is 15.3 Å². The Kier molecular flexibility index (Phi) is 5.58. The molecule has 0 aliphatic heterocycles. The van der Waals surface area contributed by atoms with Crippen LogP contribution >= 0.6 is 23.2 Å². The SMILES string of the molecule is COc1ccc(Nc2nc(C)n3nc(-c4ccccc4Cl)c(-c4ccc(Cl)cc4)c3n2)cn1. The van der Waals surface area contributed by atoms with Crippen molar-refractivity contribution in [1.29, 1.82) is 0 Å². The molecule has 0 amide bonds. The number of nitrogens with zero attached hydrogens (tertiary/aromatic N) is 5. The fourth-order valence-corrected chi connectivity index (χ4v) is 3.90. The van der Waals surface area contributed by atoms with E-state index >= 15 is 0 Å². The summed E-state index contributed by atoms with van der Waals surface area (Å²) in [6.07, 6.45) is 1.66. The molecule has 0 saturated heterocycles. The molecule has 0 atom stereocenters. The van der Waals surface area contributed by atoms with Crippen LogP contribution in [0.15, 0.2) is 66.9 Å². The summed E-state index contributed by atoms with van der Waals surface area (Å²) in [4.78, 5) is 13.6. The number of aromatic nitrogens is 5. The average Bonchev–Trinajstić information content (AvgIpc) is 3.20. The Hall–Kier alpha value is -3.68. The van der Waals surface area contributed by atoms with Gasteiger partial charge in [-0.05, 0) is 36.8 Å². The lowest BCUT2D eigenvalue weighted by atomic mass is 10.0. The van der Waals surface area contributed by atoms with Crippen LogP contribution < -0.4 is 10.1 Å². The molecular formula is C24H18Cl2N6O. The van der Waals surface area contributed by atoms with E-state index in [-0.39, 0.29) is 0 Å². The molecule has 33 heavy (non-hydrogen) atoms. The van der Waals surface area contributed by atoms with E-state index < -0.39 is 0 Å². The predicted molar refractivity (Wildman–Crippen MR) is 130 cm³/mol. The van der Waals surface area contributed by atoms with Crippen LogP contribution in [0.3, 0.4) is 0 Å². The molecule has 0 unspecified atom stereocenters. The van der Waals surface area contributed by atoms with Crippen molar-refractivity contribution in [1.82, 2.24) is 24.6 Å². The summed E-state index contributed by atoms with van der Waals surface area (Å²) in [6, 6.07) is 18.8. The van der Waals surface area contributed by atoms with Crippen molar-refractivity contribution in [3.8, 4) is 28.3 Å². The highest BCUT2D eigenvalue weighted by atomic mass is 35.5. The molecule has 0 aliphatic carbocycles. The normalized spacial score (nSPS) is 11.0. The van der Waals surface area contributed by atoms with Crippen LogP contribution in [-0.2, 0) is 0 Å². The van der Waals surface area contributed by atoms with Gasteiger partial charge in [0.05, 0.1) is 29.6 Å². The molecule has 2 aromatic carbocycles. The van der Waals surface area contributed by atoms with Crippen LogP contribution in [0.25, 0.3) is 28.0 Å². The number of rotatable bonds is 5. The molecule has 3 heterocycles. The molecule has 9 heteroatoms. The number of hydrogen-bond donors (Lipinski definition) is 1. The lowest BCUT2D eigenvalue weighted by Gasteiger charge is -2.08. The van der Waals surface area contributed by atoms with Gasteiger partial charge in [0.25, 0.3) is 0 Å². The van der Waals surface area contributed by atoms with Crippen LogP contribution in [0.1, 0.15) is 5.82 Å². The van der Waals surface area contributed by atoms with Crippen molar-refractivity contribution >= 4 is 40.5 Å². The summed E-state index contributed by atoms with van der Waals surface area (Å²) in [7, 11) is 1.57. The van der Waals surface area contributed by atoms with Crippen LogP contribution in [0.5, 0.6) is 5.88 Å². The van der Waals surface area contributed by atoms with E-state index in [0.29, 0.717) is 39.0 Å². The van der Waals surface area contributed by atoms with E-state index in [1.165, 1.54) is 0 Å². The second kappa shape index (κ2) is 8.69. The van der Waals surface area contributed by atoms with E-state index in [1.807, 2.05) is 61.5 Å². The molecule has 3 aromatic heterocycles. The first kappa shape index (κ1) is 21.2. The van der Waals surface area contributed by atoms with Crippen molar-refractivity contribution in [3.05, 3.63) is 82.7 Å². The number of halogens is 2. The van der Waals surface area contributed by atoms with Gasteiger partial charge in [-0.2, -0.15) is 19.6 Å². The minimum absolute atomic E-state index is 0.424. The molecule has 5 rings (SSSR count).